The maximum absolute atomic E-state index is 13.2. The molecule has 0 atom stereocenters. The summed E-state index contributed by atoms with van der Waals surface area (Å²) in [6.07, 6.45) is -3.59. The Labute approximate surface area is 156 Å². The first-order valence-electron chi connectivity index (χ1n) is 7.85. The van der Waals surface area contributed by atoms with Gasteiger partial charge in [0.1, 0.15) is 0 Å². The zero-order valence-electron chi connectivity index (χ0n) is 14.0. The number of nitrogens with zero attached hydrogens (tertiary/aromatic N) is 3. The van der Waals surface area contributed by atoms with E-state index in [4.69, 9.17) is 11.6 Å². The van der Waals surface area contributed by atoms with Crippen LogP contribution in [-0.4, -0.2) is 20.3 Å². The standard InChI is InChI=1S/C17H14ClF3N4O2/c1-24-9-12-13(17(19,20)21)8-15(27)25(16(12)23-24)7-6-14(26)22-11-4-2-10(18)3-5-11/h2-5,8-9H,6-7H2,1H3,(H,22,26). The van der Waals surface area contributed by atoms with E-state index in [2.05, 4.69) is 10.4 Å². The highest BCUT2D eigenvalue weighted by atomic mass is 35.5. The molecule has 0 saturated carbocycles. The lowest BCUT2D eigenvalue weighted by Crippen LogP contribution is -2.25. The van der Waals surface area contributed by atoms with Crippen LogP contribution in [0.25, 0.3) is 11.0 Å². The van der Waals surface area contributed by atoms with Gasteiger partial charge in [0.2, 0.25) is 5.91 Å². The number of rotatable bonds is 4. The van der Waals surface area contributed by atoms with Crippen molar-refractivity contribution in [3.8, 4) is 0 Å². The second-order valence-corrected chi connectivity index (χ2v) is 6.33. The lowest BCUT2D eigenvalue weighted by Gasteiger charge is -2.11. The molecule has 10 heteroatoms. The molecule has 0 unspecified atom stereocenters. The first-order valence-corrected chi connectivity index (χ1v) is 8.23. The number of hydrogen-bond acceptors (Lipinski definition) is 3. The van der Waals surface area contributed by atoms with Gasteiger partial charge in [0.15, 0.2) is 5.65 Å². The summed E-state index contributed by atoms with van der Waals surface area (Å²) in [5, 5.41) is 6.91. The van der Waals surface area contributed by atoms with Crippen molar-refractivity contribution in [2.45, 2.75) is 19.1 Å². The summed E-state index contributed by atoms with van der Waals surface area (Å²) in [5.74, 6) is -0.395. The van der Waals surface area contributed by atoms with Crippen molar-refractivity contribution >= 4 is 34.2 Å². The Morgan fingerprint density at radius 1 is 1.26 bits per heavy atom. The summed E-state index contributed by atoms with van der Waals surface area (Å²) in [6, 6.07) is 6.97. The van der Waals surface area contributed by atoms with Crippen LogP contribution in [0.5, 0.6) is 0 Å². The third kappa shape index (κ3) is 4.13. The third-order valence-electron chi connectivity index (χ3n) is 3.88. The molecule has 0 fully saturated rings. The van der Waals surface area contributed by atoms with E-state index in [0.29, 0.717) is 16.8 Å². The van der Waals surface area contributed by atoms with Gasteiger partial charge in [-0.25, -0.2) is 0 Å². The Kier molecular flexibility index (Phi) is 4.97. The zero-order chi connectivity index (χ0) is 19.8. The number of anilines is 1. The number of alkyl halides is 3. The molecule has 0 spiro atoms. The van der Waals surface area contributed by atoms with Crippen LogP contribution in [-0.2, 0) is 24.6 Å². The van der Waals surface area contributed by atoms with Crippen LogP contribution in [0.2, 0.25) is 5.02 Å². The number of aromatic nitrogens is 3. The average molecular weight is 399 g/mol. The Hall–Kier alpha value is -2.81. The van der Waals surface area contributed by atoms with Gasteiger partial charge < -0.3 is 5.32 Å². The van der Waals surface area contributed by atoms with Crippen molar-refractivity contribution in [3.63, 3.8) is 0 Å². The number of benzene rings is 1. The number of hydrogen-bond donors (Lipinski definition) is 1. The van der Waals surface area contributed by atoms with E-state index in [1.54, 1.807) is 24.3 Å². The predicted octanol–water partition coefficient (Wildman–Crippen LogP) is 3.44. The smallest absolute Gasteiger partial charge is 0.326 e. The molecule has 27 heavy (non-hydrogen) atoms. The molecule has 1 aromatic carbocycles. The normalized spacial score (nSPS) is 11.7. The maximum Gasteiger partial charge on any atom is 0.417 e. The summed E-state index contributed by atoms with van der Waals surface area (Å²) in [6.45, 7) is -0.107. The number of carbonyl (C=O) groups is 1. The molecule has 142 valence electrons. The first-order chi connectivity index (χ1) is 12.6. The molecule has 1 N–H and O–H groups in total. The van der Waals surface area contributed by atoms with Gasteiger partial charge in [-0.1, -0.05) is 11.6 Å². The van der Waals surface area contributed by atoms with Gasteiger partial charge >= 0.3 is 6.18 Å². The highest BCUT2D eigenvalue weighted by molar-refractivity contribution is 6.30. The number of fused-ring (bicyclic) bond motifs is 1. The van der Waals surface area contributed by atoms with Gasteiger partial charge in [0.25, 0.3) is 5.56 Å². The maximum atomic E-state index is 13.2. The minimum absolute atomic E-state index is 0.107. The topological polar surface area (TPSA) is 68.9 Å². The molecular formula is C17H14ClF3N4O2. The Bertz CT molecular complexity index is 1050. The fourth-order valence-corrected chi connectivity index (χ4v) is 2.80. The van der Waals surface area contributed by atoms with Crippen molar-refractivity contribution in [2.75, 3.05) is 5.32 Å². The monoisotopic (exact) mass is 398 g/mol. The quantitative estimate of drug-likeness (QED) is 0.732. The number of halogens is 4. The van der Waals surface area contributed by atoms with Gasteiger partial charge in [-0.05, 0) is 24.3 Å². The summed E-state index contributed by atoms with van der Waals surface area (Å²) < 4.78 is 41.8. The molecule has 2 heterocycles. The van der Waals surface area contributed by atoms with E-state index in [1.165, 1.54) is 17.9 Å². The van der Waals surface area contributed by atoms with E-state index < -0.39 is 23.2 Å². The molecule has 3 rings (SSSR count). The second-order valence-electron chi connectivity index (χ2n) is 5.89. The highest BCUT2D eigenvalue weighted by Crippen LogP contribution is 2.33. The summed E-state index contributed by atoms with van der Waals surface area (Å²) in [5.41, 5.74) is -1.51. The average Bonchev–Trinajstić information content (AvgIpc) is 2.95. The second kappa shape index (κ2) is 7.07. The van der Waals surface area contributed by atoms with E-state index >= 15 is 0 Å². The van der Waals surface area contributed by atoms with E-state index in [-0.39, 0.29) is 24.0 Å². The van der Waals surface area contributed by atoms with Crippen LogP contribution in [0.15, 0.2) is 41.3 Å². The van der Waals surface area contributed by atoms with E-state index in [9.17, 15) is 22.8 Å². The molecule has 0 bridgehead atoms. The molecule has 0 aliphatic heterocycles. The summed E-state index contributed by atoms with van der Waals surface area (Å²) in [7, 11) is 1.46. The van der Waals surface area contributed by atoms with Crippen molar-refractivity contribution in [3.05, 3.63) is 57.5 Å². The third-order valence-corrected chi connectivity index (χ3v) is 4.14. The lowest BCUT2D eigenvalue weighted by atomic mass is 10.2. The zero-order valence-corrected chi connectivity index (χ0v) is 14.8. The number of pyridine rings is 1. The molecule has 0 aliphatic rings. The minimum atomic E-state index is -4.68. The van der Waals surface area contributed by atoms with Crippen LogP contribution in [0.1, 0.15) is 12.0 Å². The van der Waals surface area contributed by atoms with Crippen molar-refractivity contribution in [1.29, 1.82) is 0 Å². The minimum Gasteiger partial charge on any atom is -0.326 e. The number of aryl methyl sites for hydroxylation is 2. The molecule has 1 amide bonds. The Morgan fingerprint density at radius 2 is 1.93 bits per heavy atom. The Balaban J connectivity index is 1.85. The molecule has 0 saturated heterocycles. The van der Waals surface area contributed by atoms with Gasteiger partial charge in [-0.3, -0.25) is 18.8 Å². The van der Waals surface area contributed by atoms with Crippen LogP contribution < -0.4 is 10.9 Å². The summed E-state index contributed by atoms with van der Waals surface area (Å²) >= 11 is 5.77. The van der Waals surface area contributed by atoms with Gasteiger partial charge in [-0.15, -0.1) is 0 Å². The fraction of sp³-hybridized carbons (Fsp3) is 0.235. The van der Waals surface area contributed by atoms with Crippen LogP contribution in [0, 0.1) is 0 Å². The van der Waals surface area contributed by atoms with E-state index in [0.717, 1.165) is 4.57 Å². The molecule has 2 aromatic heterocycles. The van der Waals surface area contributed by atoms with Crippen LogP contribution >= 0.6 is 11.6 Å². The largest absolute Gasteiger partial charge is 0.417 e. The van der Waals surface area contributed by atoms with Gasteiger partial charge in [0, 0.05) is 48.4 Å². The van der Waals surface area contributed by atoms with E-state index in [1.807, 2.05) is 0 Å². The van der Waals surface area contributed by atoms with Crippen molar-refractivity contribution in [2.24, 2.45) is 7.05 Å². The first kappa shape index (κ1) is 19.0. The van der Waals surface area contributed by atoms with Crippen molar-refractivity contribution < 1.29 is 18.0 Å². The SMILES string of the molecule is Cn1cc2c(C(F)(F)F)cc(=O)n(CCC(=O)Nc3ccc(Cl)cc3)c2n1. The van der Waals surface area contributed by atoms with Crippen LogP contribution in [0.3, 0.4) is 0 Å². The lowest BCUT2D eigenvalue weighted by molar-refractivity contribution is -0.136. The molecule has 0 radical (unpaired) electrons. The summed E-state index contributed by atoms with van der Waals surface area (Å²) in [4.78, 5) is 24.3. The Morgan fingerprint density at radius 3 is 2.56 bits per heavy atom. The van der Waals surface area contributed by atoms with Crippen LogP contribution in [0.4, 0.5) is 18.9 Å². The molecular weight excluding hydrogens is 385 g/mol. The highest BCUT2D eigenvalue weighted by Gasteiger charge is 2.34. The fourth-order valence-electron chi connectivity index (χ4n) is 2.67. The van der Waals surface area contributed by atoms with Gasteiger partial charge in [0.05, 0.1) is 5.56 Å². The van der Waals surface area contributed by atoms with Gasteiger partial charge in [-0.2, -0.15) is 18.3 Å². The number of amides is 1. The molecule has 6 nitrogen and oxygen atoms in total. The van der Waals surface area contributed by atoms with Crippen molar-refractivity contribution in [1.82, 2.24) is 14.3 Å². The number of nitrogens with one attached hydrogen (secondary N) is 1. The molecule has 0 aliphatic carbocycles. The predicted molar refractivity (Wildman–Crippen MR) is 94.7 cm³/mol. The molecule has 3 aromatic rings. The number of carbonyl (C=O) groups excluding carboxylic acids is 1.